The van der Waals surface area contributed by atoms with E-state index in [2.05, 4.69) is 10.9 Å². The number of rotatable bonds is 4. The van der Waals surface area contributed by atoms with Crippen molar-refractivity contribution in [1.82, 2.24) is 10.9 Å². The summed E-state index contributed by atoms with van der Waals surface area (Å²) in [7, 11) is 0. The average Bonchev–Trinajstić information content (AvgIpc) is 2.64. The van der Waals surface area contributed by atoms with Crippen molar-refractivity contribution in [2.45, 2.75) is 13.5 Å². The largest absolute Gasteiger partial charge is 0.488 e. The number of benzene rings is 3. The highest BCUT2D eigenvalue weighted by Crippen LogP contribution is 2.28. The fourth-order valence-corrected chi connectivity index (χ4v) is 2.66. The quantitative estimate of drug-likeness (QED) is 0.499. The Bertz CT molecular complexity index is 969. The number of carbonyl (C=O) groups excluding carboxylic acids is 2. The summed E-state index contributed by atoms with van der Waals surface area (Å²) in [6.45, 7) is 1.59. The van der Waals surface area contributed by atoms with Gasteiger partial charge in [0.15, 0.2) is 0 Å². The van der Waals surface area contributed by atoms with Crippen LogP contribution in [0.4, 0.5) is 5.69 Å². The Morgan fingerprint density at radius 3 is 2.58 bits per heavy atom. The number of hydrogen-bond donors (Lipinski definition) is 3. The van der Waals surface area contributed by atoms with E-state index in [-0.39, 0.29) is 12.5 Å². The number of ether oxygens (including phenoxy) is 1. The highest BCUT2D eigenvalue weighted by Gasteiger charge is 2.17. The molecule has 3 aromatic rings. The van der Waals surface area contributed by atoms with Crippen LogP contribution in [0.5, 0.6) is 5.75 Å². The molecule has 0 aromatic heterocycles. The maximum atomic E-state index is 12.6. The summed E-state index contributed by atoms with van der Waals surface area (Å²) >= 11 is 0. The number of amides is 2. The van der Waals surface area contributed by atoms with Gasteiger partial charge in [-0.25, -0.2) is 0 Å². The highest BCUT2D eigenvalue weighted by molar-refractivity contribution is 6.09. The summed E-state index contributed by atoms with van der Waals surface area (Å²) in [5, 5.41) is 1.64. The van der Waals surface area contributed by atoms with Gasteiger partial charge < -0.3 is 10.5 Å². The SMILES string of the molecule is CC(=O)NNC(=O)c1c(OCc2cccc(N)c2)ccc2ccccc12. The number of anilines is 1. The molecule has 3 aromatic carbocycles. The Hall–Kier alpha value is -3.54. The molecule has 132 valence electrons. The molecule has 0 aliphatic heterocycles. The number of hydrazine groups is 1. The van der Waals surface area contributed by atoms with Crippen LogP contribution in [0.2, 0.25) is 0 Å². The van der Waals surface area contributed by atoms with E-state index < -0.39 is 5.91 Å². The minimum atomic E-state index is -0.445. The van der Waals surface area contributed by atoms with Crippen molar-refractivity contribution in [1.29, 1.82) is 0 Å². The lowest BCUT2D eigenvalue weighted by Crippen LogP contribution is -2.40. The Labute approximate surface area is 150 Å². The van der Waals surface area contributed by atoms with E-state index in [0.29, 0.717) is 17.0 Å². The maximum Gasteiger partial charge on any atom is 0.274 e. The number of fused-ring (bicyclic) bond motifs is 1. The van der Waals surface area contributed by atoms with Crippen LogP contribution in [0, 0.1) is 0 Å². The molecular formula is C20H19N3O3. The average molecular weight is 349 g/mol. The molecule has 0 aliphatic carbocycles. The molecule has 3 rings (SSSR count). The first-order valence-electron chi connectivity index (χ1n) is 8.10. The van der Waals surface area contributed by atoms with Crippen molar-refractivity contribution in [3.8, 4) is 5.75 Å². The third-order valence-electron chi connectivity index (χ3n) is 3.82. The molecule has 0 bridgehead atoms. The molecule has 0 spiro atoms. The third kappa shape index (κ3) is 3.92. The van der Waals surface area contributed by atoms with Crippen molar-refractivity contribution < 1.29 is 14.3 Å². The van der Waals surface area contributed by atoms with E-state index in [0.717, 1.165) is 16.3 Å². The molecule has 4 N–H and O–H groups in total. The lowest BCUT2D eigenvalue weighted by atomic mass is 10.0. The van der Waals surface area contributed by atoms with Crippen LogP contribution in [0.25, 0.3) is 10.8 Å². The number of nitrogen functional groups attached to an aromatic ring is 1. The standard InChI is InChI=1S/C20H19N3O3/c1-13(24)22-23-20(25)19-17-8-3-2-6-15(17)9-10-18(19)26-12-14-5-4-7-16(21)11-14/h2-11H,12,21H2,1H3,(H,22,24)(H,23,25). The number of hydrogen-bond acceptors (Lipinski definition) is 4. The van der Waals surface area contributed by atoms with Gasteiger partial charge in [0.1, 0.15) is 12.4 Å². The molecule has 0 atom stereocenters. The number of nitrogens with two attached hydrogens (primary N) is 1. The van der Waals surface area contributed by atoms with Crippen LogP contribution in [0.15, 0.2) is 60.7 Å². The van der Waals surface area contributed by atoms with Gasteiger partial charge in [-0.1, -0.05) is 42.5 Å². The van der Waals surface area contributed by atoms with Crippen LogP contribution in [0.3, 0.4) is 0 Å². The first-order valence-corrected chi connectivity index (χ1v) is 8.10. The molecule has 2 amide bonds. The minimum absolute atomic E-state index is 0.268. The van der Waals surface area contributed by atoms with Crippen molar-refractivity contribution >= 4 is 28.3 Å². The minimum Gasteiger partial charge on any atom is -0.488 e. The van der Waals surface area contributed by atoms with Gasteiger partial charge in [-0.2, -0.15) is 0 Å². The van der Waals surface area contributed by atoms with Gasteiger partial charge in [-0.15, -0.1) is 0 Å². The van der Waals surface area contributed by atoms with Gasteiger partial charge >= 0.3 is 0 Å². The Kier molecular flexibility index (Phi) is 5.03. The van der Waals surface area contributed by atoms with Crippen molar-refractivity contribution in [3.63, 3.8) is 0 Å². The number of nitrogens with one attached hydrogen (secondary N) is 2. The van der Waals surface area contributed by atoms with Crippen LogP contribution < -0.4 is 21.3 Å². The molecule has 26 heavy (non-hydrogen) atoms. The highest BCUT2D eigenvalue weighted by atomic mass is 16.5. The van der Waals surface area contributed by atoms with E-state index in [9.17, 15) is 9.59 Å². The van der Waals surface area contributed by atoms with Gasteiger partial charge in [0.2, 0.25) is 5.91 Å². The zero-order chi connectivity index (χ0) is 18.5. The zero-order valence-corrected chi connectivity index (χ0v) is 14.3. The molecular weight excluding hydrogens is 330 g/mol. The van der Waals surface area contributed by atoms with Crippen molar-refractivity contribution in [3.05, 3.63) is 71.8 Å². The fourth-order valence-electron chi connectivity index (χ4n) is 2.66. The first-order chi connectivity index (χ1) is 12.5. The van der Waals surface area contributed by atoms with Gasteiger partial charge in [-0.05, 0) is 34.5 Å². The summed E-state index contributed by atoms with van der Waals surface area (Å²) in [5.74, 6) is -0.380. The monoisotopic (exact) mass is 349 g/mol. The Morgan fingerprint density at radius 1 is 1.00 bits per heavy atom. The van der Waals surface area contributed by atoms with Gasteiger partial charge in [0, 0.05) is 12.6 Å². The third-order valence-corrected chi connectivity index (χ3v) is 3.82. The fraction of sp³-hybridized carbons (Fsp3) is 0.100. The van der Waals surface area contributed by atoms with E-state index in [1.807, 2.05) is 48.5 Å². The molecule has 0 saturated carbocycles. The second-order valence-corrected chi connectivity index (χ2v) is 5.83. The Morgan fingerprint density at radius 2 is 1.81 bits per heavy atom. The van der Waals surface area contributed by atoms with Crippen LogP contribution in [0.1, 0.15) is 22.8 Å². The van der Waals surface area contributed by atoms with Gasteiger partial charge in [0.25, 0.3) is 5.91 Å². The van der Waals surface area contributed by atoms with E-state index in [1.165, 1.54) is 6.92 Å². The molecule has 0 aliphatic rings. The normalized spacial score (nSPS) is 10.3. The predicted molar refractivity (Wildman–Crippen MR) is 100 cm³/mol. The molecule has 0 saturated heterocycles. The second kappa shape index (κ2) is 7.57. The van der Waals surface area contributed by atoms with Crippen LogP contribution in [-0.2, 0) is 11.4 Å². The lowest BCUT2D eigenvalue weighted by Gasteiger charge is -2.14. The summed E-state index contributed by atoms with van der Waals surface area (Å²) in [4.78, 5) is 23.7. The lowest BCUT2D eigenvalue weighted by molar-refractivity contribution is -0.119. The van der Waals surface area contributed by atoms with E-state index >= 15 is 0 Å². The van der Waals surface area contributed by atoms with Crippen LogP contribution >= 0.6 is 0 Å². The molecule has 0 heterocycles. The van der Waals surface area contributed by atoms with Gasteiger partial charge in [0.05, 0.1) is 5.56 Å². The zero-order valence-electron chi connectivity index (χ0n) is 14.3. The molecule has 0 fully saturated rings. The molecule has 6 heteroatoms. The predicted octanol–water partition coefficient (Wildman–Crippen LogP) is 2.78. The summed E-state index contributed by atoms with van der Waals surface area (Å²) < 4.78 is 5.89. The molecule has 0 radical (unpaired) electrons. The second-order valence-electron chi connectivity index (χ2n) is 5.83. The Balaban J connectivity index is 1.94. The topological polar surface area (TPSA) is 93.5 Å². The maximum absolute atomic E-state index is 12.6. The first kappa shape index (κ1) is 17.3. The summed E-state index contributed by atoms with van der Waals surface area (Å²) in [6, 6.07) is 18.5. The molecule has 6 nitrogen and oxygen atoms in total. The van der Waals surface area contributed by atoms with E-state index in [4.69, 9.17) is 10.5 Å². The van der Waals surface area contributed by atoms with Crippen LogP contribution in [-0.4, -0.2) is 11.8 Å². The van der Waals surface area contributed by atoms with E-state index in [1.54, 1.807) is 12.1 Å². The van der Waals surface area contributed by atoms with Crippen molar-refractivity contribution in [2.75, 3.05) is 5.73 Å². The molecule has 0 unspecified atom stereocenters. The summed E-state index contributed by atoms with van der Waals surface area (Å²) in [6.07, 6.45) is 0. The summed E-state index contributed by atoms with van der Waals surface area (Å²) in [5.41, 5.74) is 12.4. The van der Waals surface area contributed by atoms with Crippen molar-refractivity contribution in [2.24, 2.45) is 0 Å². The van der Waals surface area contributed by atoms with Gasteiger partial charge in [-0.3, -0.25) is 20.4 Å². The smallest absolute Gasteiger partial charge is 0.274 e. The number of carbonyl (C=O) groups is 2.